The molecule has 0 aliphatic heterocycles. The molecule has 0 bridgehead atoms. The SMILES string of the molecule is CCC(=CCSc1nc(=O)c(=O)[nH]n1C)C(=O)OC. The molecule has 1 heterocycles. The number of esters is 1. The van der Waals surface area contributed by atoms with Gasteiger partial charge in [-0.3, -0.25) is 19.4 Å². The molecule has 0 fully saturated rings. The summed E-state index contributed by atoms with van der Waals surface area (Å²) in [6, 6.07) is 0. The maximum Gasteiger partial charge on any atom is 0.339 e. The molecule has 0 atom stereocenters. The van der Waals surface area contributed by atoms with Crippen LogP contribution in [0.4, 0.5) is 0 Å². The summed E-state index contributed by atoms with van der Waals surface area (Å²) in [5.74, 6) is 0.0799. The Morgan fingerprint density at radius 3 is 2.79 bits per heavy atom. The lowest BCUT2D eigenvalue weighted by atomic mass is 10.2. The number of hydrogen-bond donors (Lipinski definition) is 1. The van der Waals surface area contributed by atoms with E-state index in [1.54, 1.807) is 13.1 Å². The van der Waals surface area contributed by atoms with Crippen molar-refractivity contribution in [2.75, 3.05) is 12.9 Å². The first-order valence-corrected chi connectivity index (χ1v) is 6.55. The molecular formula is C11H15N3O4S. The van der Waals surface area contributed by atoms with E-state index in [1.807, 2.05) is 6.92 Å². The van der Waals surface area contributed by atoms with E-state index in [1.165, 1.54) is 23.6 Å². The van der Waals surface area contributed by atoms with Gasteiger partial charge in [0.25, 0.3) is 0 Å². The van der Waals surface area contributed by atoms with Crippen molar-refractivity contribution < 1.29 is 9.53 Å². The van der Waals surface area contributed by atoms with Crippen LogP contribution in [0.5, 0.6) is 0 Å². The van der Waals surface area contributed by atoms with Gasteiger partial charge in [0.1, 0.15) is 0 Å². The number of aromatic nitrogens is 3. The molecule has 1 rings (SSSR count). The summed E-state index contributed by atoms with van der Waals surface area (Å²) >= 11 is 1.24. The highest BCUT2D eigenvalue weighted by atomic mass is 32.2. The minimum atomic E-state index is -0.826. The molecule has 0 unspecified atom stereocenters. The Kier molecular flexibility index (Phi) is 5.56. The number of nitrogens with zero attached hydrogens (tertiary/aromatic N) is 2. The van der Waals surface area contributed by atoms with E-state index in [0.717, 1.165) is 0 Å². The average Bonchev–Trinajstić information content (AvgIpc) is 2.39. The molecule has 8 heteroatoms. The second-order valence-corrected chi connectivity index (χ2v) is 4.57. The standard InChI is InChI=1S/C11H15N3O4S/c1-4-7(10(17)18-3)5-6-19-11-12-8(15)9(16)13-14(11)2/h5H,4,6H2,1-3H3,(H,13,16). The third-order valence-corrected chi connectivity index (χ3v) is 3.27. The van der Waals surface area contributed by atoms with Gasteiger partial charge in [-0.15, -0.1) is 0 Å². The molecule has 0 spiro atoms. The molecule has 0 aliphatic carbocycles. The third kappa shape index (κ3) is 4.09. The Balaban J connectivity index is 2.80. The zero-order valence-electron chi connectivity index (χ0n) is 10.9. The molecule has 0 radical (unpaired) electrons. The third-order valence-electron chi connectivity index (χ3n) is 2.32. The van der Waals surface area contributed by atoms with Gasteiger partial charge in [0.05, 0.1) is 7.11 Å². The van der Waals surface area contributed by atoms with Crippen molar-refractivity contribution in [2.24, 2.45) is 7.05 Å². The molecule has 0 saturated heterocycles. The van der Waals surface area contributed by atoms with Crippen molar-refractivity contribution in [3.05, 3.63) is 32.4 Å². The Labute approximate surface area is 113 Å². The molecule has 104 valence electrons. The minimum absolute atomic E-state index is 0.369. The van der Waals surface area contributed by atoms with E-state index in [2.05, 4.69) is 14.8 Å². The van der Waals surface area contributed by atoms with Crippen LogP contribution in [0.2, 0.25) is 0 Å². The molecule has 1 N–H and O–H groups in total. The van der Waals surface area contributed by atoms with Gasteiger partial charge < -0.3 is 4.74 Å². The molecule has 0 saturated carbocycles. The van der Waals surface area contributed by atoms with Crippen LogP contribution >= 0.6 is 11.8 Å². The van der Waals surface area contributed by atoms with Gasteiger partial charge in [0.2, 0.25) is 0 Å². The number of aromatic amines is 1. The number of carbonyl (C=O) groups excluding carboxylic acids is 1. The molecule has 7 nitrogen and oxygen atoms in total. The summed E-state index contributed by atoms with van der Waals surface area (Å²) in [5, 5.41) is 2.72. The van der Waals surface area contributed by atoms with Crippen molar-refractivity contribution in [2.45, 2.75) is 18.5 Å². The lowest BCUT2D eigenvalue weighted by Crippen LogP contribution is -2.33. The summed E-state index contributed by atoms with van der Waals surface area (Å²) in [6.45, 7) is 1.85. The van der Waals surface area contributed by atoms with Crippen molar-refractivity contribution in [1.29, 1.82) is 0 Å². The van der Waals surface area contributed by atoms with Gasteiger partial charge in [0.15, 0.2) is 5.16 Å². The predicted molar refractivity (Wildman–Crippen MR) is 71.2 cm³/mol. The maximum absolute atomic E-state index is 11.3. The van der Waals surface area contributed by atoms with E-state index < -0.39 is 11.1 Å². The van der Waals surface area contributed by atoms with E-state index in [9.17, 15) is 14.4 Å². The average molecular weight is 285 g/mol. The summed E-state index contributed by atoms with van der Waals surface area (Å²) in [7, 11) is 2.91. The number of ether oxygens (including phenoxy) is 1. The Morgan fingerprint density at radius 1 is 1.53 bits per heavy atom. The second kappa shape index (κ2) is 6.93. The fourth-order valence-electron chi connectivity index (χ4n) is 1.31. The Hall–Kier alpha value is -1.83. The van der Waals surface area contributed by atoms with Crippen LogP contribution in [0.25, 0.3) is 0 Å². The Bertz CT molecular complexity index is 603. The lowest BCUT2D eigenvalue weighted by molar-refractivity contribution is -0.136. The van der Waals surface area contributed by atoms with Crippen LogP contribution in [0.3, 0.4) is 0 Å². The first-order valence-electron chi connectivity index (χ1n) is 5.57. The number of carbonyl (C=O) groups is 1. The topological polar surface area (TPSA) is 94.0 Å². The van der Waals surface area contributed by atoms with Gasteiger partial charge in [-0.05, 0) is 6.42 Å². The summed E-state index contributed by atoms with van der Waals surface area (Å²) in [6.07, 6.45) is 2.28. The zero-order chi connectivity index (χ0) is 14.4. The monoisotopic (exact) mass is 285 g/mol. The number of aryl methyl sites for hydroxylation is 1. The van der Waals surface area contributed by atoms with Crippen LogP contribution < -0.4 is 11.1 Å². The van der Waals surface area contributed by atoms with E-state index in [4.69, 9.17) is 0 Å². The van der Waals surface area contributed by atoms with Gasteiger partial charge in [-0.25, -0.2) is 4.79 Å². The summed E-state index contributed by atoms with van der Waals surface area (Å²) < 4.78 is 6.00. The molecule has 1 aromatic rings. The highest BCUT2D eigenvalue weighted by molar-refractivity contribution is 7.99. The van der Waals surface area contributed by atoms with Crippen LogP contribution in [-0.4, -0.2) is 33.6 Å². The number of methoxy groups -OCH3 is 1. The van der Waals surface area contributed by atoms with E-state index in [0.29, 0.717) is 22.9 Å². The molecule has 0 amide bonds. The highest BCUT2D eigenvalue weighted by Gasteiger charge is 2.07. The number of H-pyrrole nitrogens is 1. The first-order chi connectivity index (χ1) is 8.99. The zero-order valence-corrected chi connectivity index (χ0v) is 11.7. The molecular weight excluding hydrogens is 270 g/mol. The van der Waals surface area contributed by atoms with Gasteiger partial charge in [-0.1, -0.05) is 24.8 Å². The van der Waals surface area contributed by atoms with E-state index >= 15 is 0 Å². The smallest absolute Gasteiger partial charge is 0.339 e. The van der Waals surface area contributed by atoms with Crippen LogP contribution in [0.1, 0.15) is 13.3 Å². The molecule has 0 aromatic carbocycles. The normalized spacial score (nSPS) is 11.4. The van der Waals surface area contributed by atoms with Crippen LogP contribution in [-0.2, 0) is 16.6 Å². The van der Waals surface area contributed by atoms with Crippen molar-refractivity contribution in [3.8, 4) is 0 Å². The number of rotatable bonds is 5. The van der Waals surface area contributed by atoms with Crippen molar-refractivity contribution in [3.63, 3.8) is 0 Å². The summed E-state index contributed by atoms with van der Waals surface area (Å²) in [4.78, 5) is 37.1. The predicted octanol–water partition coefficient (Wildman–Crippen LogP) is 0.0701. The van der Waals surface area contributed by atoms with Crippen LogP contribution in [0.15, 0.2) is 26.4 Å². The van der Waals surface area contributed by atoms with Gasteiger partial charge >= 0.3 is 17.1 Å². The van der Waals surface area contributed by atoms with E-state index in [-0.39, 0.29) is 5.97 Å². The summed E-state index contributed by atoms with van der Waals surface area (Å²) in [5.41, 5.74) is -1.02. The quantitative estimate of drug-likeness (QED) is 0.356. The minimum Gasteiger partial charge on any atom is -0.466 e. The van der Waals surface area contributed by atoms with Crippen LogP contribution in [0, 0.1) is 0 Å². The highest BCUT2D eigenvalue weighted by Crippen LogP contribution is 2.13. The molecule has 19 heavy (non-hydrogen) atoms. The largest absolute Gasteiger partial charge is 0.466 e. The van der Waals surface area contributed by atoms with Crippen molar-refractivity contribution >= 4 is 17.7 Å². The number of thioether (sulfide) groups is 1. The van der Waals surface area contributed by atoms with Gasteiger partial charge in [-0.2, -0.15) is 4.98 Å². The van der Waals surface area contributed by atoms with Gasteiger partial charge in [0, 0.05) is 18.4 Å². The Morgan fingerprint density at radius 2 is 2.21 bits per heavy atom. The fourth-order valence-corrected chi connectivity index (χ4v) is 2.13. The fraction of sp³-hybridized carbons (Fsp3) is 0.455. The number of hydrogen-bond acceptors (Lipinski definition) is 6. The molecule has 1 aromatic heterocycles. The second-order valence-electron chi connectivity index (χ2n) is 3.58. The maximum atomic E-state index is 11.3. The van der Waals surface area contributed by atoms with Crippen molar-refractivity contribution in [1.82, 2.24) is 14.8 Å². The first kappa shape index (κ1) is 15.2. The number of nitrogens with one attached hydrogen (secondary N) is 1. The lowest BCUT2D eigenvalue weighted by Gasteiger charge is -2.05. The molecule has 0 aliphatic rings.